The van der Waals surface area contributed by atoms with E-state index >= 15 is 9.59 Å². The summed E-state index contributed by atoms with van der Waals surface area (Å²) in [7, 11) is 1.55. The summed E-state index contributed by atoms with van der Waals surface area (Å²) in [6.45, 7) is 1.45. The molecule has 5 bridgehead atoms. The Morgan fingerprint density at radius 2 is 1.64 bits per heavy atom. The summed E-state index contributed by atoms with van der Waals surface area (Å²) < 4.78 is 18.9. The number of halogens is 1. The maximum atomic E-state index is 15.3. The zero-order valence-corrected chi connectivity index (χ0v) is 31.1. The van der Waals surface area contributed by atoms with E-state index < -0.39 is 72.2 Å². The number of hydrogen-bond acceptors (Lipinski definition) is 8. The molecule has 53 heavy (non-hydrogen) atoms. The highest BCUT2D eigenvalue weighted by Crippen LogP contribution is 2.59. The number of rotatable bonds is 7. The predicted molar refractivity (Wildman–Crippen MR) is 200 cm³/mol. The fourth-order valence-corrected chi connectivity index (χ4v) is 8.92. The SMILES string of the molecule is COc1ccc(N2C/C=C\CCC(=O)N[C@@H](C)[C@H](c3ccccc3)OC(=O)[C@H]3[C@@H]4O[C@@]5(C=C4Br)[C@@H]3C(=O)N([C@@H](CO)Cc3ccccc3)[C@@H]5C2=O)cc1. The molecule has 4 aliphatic heterocycles. The number of nitrogens with one attached hydrogen (secondary N) is 1. The summed E-state index contributed by atoms with van der Waals surface area (Å²) >= 11 is 3.62. The fraction of sp³-hybridized carbons (Fsp3) is 0.366. The normalized spacial score (nSPS) is 30.0. The summed E-state index contributed by atoms with van der Waals surface area (Å²) in [6, 6.07) is 22.9. The summed E-state index contributed by atoms with van der Waals surface area (Å²) in [5, 5.41) is 13.9. The van der Waals surface area contributed by atoms with Crippen molar-refractivity contribution in [3.8, 4) is 5.75 Å². The maximum absolute atomic E-state index is 15.3. The van der Waals surface area contributed by atoms with E-state index in [9.17, 15) is 14.7 Å². The molecule has 3 amide bonds. The molecule has 0 saturated carbocycles. The van der Waals surface area contributed by atoms with Crippen molar-refractivity contribution in [2.45, 2.75) is 62.1 Å². The van der Waals surface area contributed by atoms with Crippen molar-refractivity contribution in [3.05, 3.63) is 119 Å². The molecule has 2 N–H and O–H groups in total. The molecule has 0 aliphatic carbocycles. The lowest BCUT2D eigenvalue weighted by atomic mass is 9.74. The van der Waals surface area contributed by atoms with Crippen molar-refractivity contribution in [1.82, 2.24) is 10.2 Å². The van der Waals surface area contributed by atoms with Crippen molar-refractivity contribution in [3.63, 3.8) is 0 Å². The number of aliphatic hydroxyl groups excluding tert-OH is 1. The van der Waals surface area contributed by atoms with Gasteiger partial charge in [0.1, 0.15) is 35.5 Å². The fourth-order valence-electron chi connectivity index (χ4n) is 8.19. The zero-order chi connectivity index (χ0) is 37.3. The van der Waals surface area contributed by atoms with Crippen molar-refractivity contribution in [1.29, 1.82) is 0 Å². The van der Waals surface area contributed by atoms with Crippen molar-refractivity contribution in [2.75, 3.05) is 25.2 Å². The van der Waals surface area contributed by atoms with Gasteiger partial charge in [-0.2, -0.15) is 0 Å². The number of carbonyl (C=O) groups excluding carboxylic acids is 4. The topological polar surface area (TPSA) is 135 Å². The Kier molecular flexibility index (Phi) is 10.6. The third-order valence-corrected chi connectivity index (χ3v) is 11.3. The molecule has 3 aromatic carbocycles. The molecule has 2 fully saturated rings. The standard InChI is InChI=1S/C41H42BrN3O8/c1-25-35(27-14-8-4-9-15-27)52-40(50)33-34-38(48)45(29(24-46)22-26-12-6-3-7-13-26)37(41(34)23-31(42)36(33)53-41)39(49)44(21-11-5-10-16-32(47)43-25)28-17-19-30(51-2)20-18-28/h3-9,11-15,17-20,23,25,29,33-37,46H,10,16,21-22,24H2,1-2H3,(H,43,47)/b11-5-/t25-,29+,33+,34-,35+,36+,37+,41-/m0/s1. The molecule has 0 unspecified atom stereocenters. The van der Waals surface area contributed by atoms with Gasteiger partial charge in [0.25, 0.3) is 5.91 Å². The van der Waals surface area contributed by atoms with Crippen LogP contribution < -0.4 is 15.0 Å². The third kappa shape index (κ3) is 6.79. The van der Waals surface area contributed by atoms with E-state index in [0.29, 0.717) is 27.9 Å². The minimum atomic E-state index is -1.56. The Morgan fingerprint density at radius 1 is 0.943 bits per heavy atom. The Balaban J connectivity index is 1.37. The third-order valence-electron chi connectivity index (χ3n) is 10.6. The molecule has 12 heteroatoms. The Bertz CT molecular complexity index is 1900. The van der Waals surface area contributed by atoms with E-state index in [-0.39, 0.29) is 25.3 Å². The van der Waals surface area contributed by atoms with E-state index in [4.69, 9.17) is 14.2 Å². The molecule has 8 atom stereocenters. The van der Waals surface area contributed by atoms with Crippen LogP contribution in [0.15, 0.2) is 108 Å². The van der Waals surface area contributed by atoms with E-state index in [1.807, 2.05) is 72.8 Å². The molecular weight excluding hydrogens is 742 g/mol. The largest absolute Gasteiger partial charge is 0.497 e. The highest BCUT2D eigenvalue weighted by molar-refractivity contribution is 9.11. The van der Waals surface area contributed by atoms with E-state index in [2.05, 4.69) is 21.2 Å². The van der Waals surface area contributed by atoms with Gasteiger partial charge in [-0.05, 0) is 61.2 Å². The van der Waals surface area contributed by atoms with Gasteiger partial charge in [0.05, 0.1) is 31.7 Å². The first-order valence-electron chi connectivity index (χ1n) is 17.8. The number of fused-ring (bicyclic) bond motifs is 2. The maximum Gasteiger partial charge on any atom is 0.313 e. The van der Waals surface area contributed by atoms with Gasteiger partial charge in [0.2, 0.25) is 11.8 Å². The quantitative estimate of drug-likeness (QED) is 0.262. The Hall–Kier alpha value is -4.78. The highest BCUT2D eigenvalue weighted by atomic mass is 79.9. The number of likely N-dealkylation sites (tertiary alicyclic amines) is 1. The number of cyclic esters (lactones) is 1. The summed E-state index contributed by atoms with van der Waals surface area (Å²) in [5.41, 5.74) is 0.517. The van der Waals surface area contributed by atoms with Gasteiger partial charge in [-0.3, -0.25) is 19.2 Å². The number of aliphatic hydroxyl groups is 1. The number of anilines is 1. The van der Waals surface area contributed by atoms with Crippen molar-refractivity contribution < 1.29 is 38.5 Å². The van der Waals surface area contributed by atoms with Gasteiger partial charge in [0.15, 0.2) is 0 Å². The average molecular weight is 785 g/mol. The monoisotopic (exact) mass is 783 g/mol. The first kappa shape index (κ1) is 36.6. The predicted octanol–water partition coefficient (Wildman–Crippen LogP) is 4.64. The van der Waals surface area contributed by atoms with Gasteiger partial charge < -0.3 is 34.4 Å². The number of hydrogen-bond donors (Lipinski definition) is 2. The van der Waals surface area contributed by atoms with Gasteiger partial charge in [-0.1, -0.05) is 88.7 Å². The van der Waals surface area contributed by atoms with Crippen molar-refractivity contribution >= 4 is 45.3 Å². The second-order valence-corrected chi connectivity index (χ2v) is 14.8. The van der Waals surface area contributed by atoms with Crippen LogP contribution in [0.2, 0.25) is 0 Å². The molecular formula is C41H42BrN3O8. The number of methoxy groups -OCH3 is 1. The van der Waals surface area contributed by atoms with Gasteiger partial charge in [-0.15, -0.1) is 0 Å². The Morgan fingerprint density at radius 3 is 2.32 bits per heavy atom. The summed E-state index contributed by atoms with van der Waals surface area (Å²) in [4.78, 5) is 61.0. The molecule has 11 nitrogen and oxygen atoms in total. The number of ether oxygens (including phenoxy) is 3. The lowest BCUT2D eigenvalue weighted by Crippen LogP contribution is -2.59. The minimum Gasteiger partial charge on any atom is -0.497 e. The molecule has 3 aromatic rings. The second kappa shape index (κ2) is 15.3. The average Bonchev–Trinajstić information content (AvgIpc) is 3.77. The first-order chi connectivity index (χ1) is 25.7. The molecule has 276 valence electrons. The lowest BCUT2D eigenvalue weighted by Gasteiger charge is -2.38. The summed E-state index contributed by atoms with van der Waals surface area (Å²) in [6.07, 6.45) is 4.46. The molecule has 0 aromatic heterocycles. The van der Waals surface area contributed by atoms with E-state index in [1.54, 1.807) is 49.3 Å². The molecule has 4 aliphatic rings. The van der Waals surface area contributed by atoms with Gasteiger partial charge in [-0.25, -0.2) is 0 Å². The van der Waals surface area contributed by atoms with Crippen LogP contribution in [0, 0.1) is 11.8 Å². The second-order valence-electron chi connectivity index (χ2n) is 13.9. The molecule has 7 rings (SSSR count). The van der Waals surface area contributed by atoms with Crippen LogP contribution in [0.5, 0.6) is 5.75 Å². The van der Waals surface area contributed by atoms with Crippen LogP contribution >= 0.6 is 15.9 Å². The number of esters is 1. The van der Waals surface area contributed by atoms with Gasteiger partial charge in [0, 0.05) is 23.1 Å². The van der Waals surface area contributed by atoms with E-state index in [1.165, 1.54) is 4.90 Å². The molecule has 4 heterocycles. The van der Waals surface area contributed by atoms with Crippen molar-refractivity contribution in [2.24, 2.45) is 11.8 Å². The van der Waals surface area contributed by atoms with E-state index in [0.717, 1.165) is 5.56 Å². The minimum absolute atomic E-state index is 0.112. The number of allylic oxidation sites excluding steroid dienone is 1. The van der Waals surface area contributed by atoms with Crippen LogP contribution in [0.3, 0.4) is 0 Å². The van der Waals surface area contributed by atoms with Crippen LogP contribution in [-0.2, 0) is 35.1 Å². The number of benzene rings is 3. The highest BCUT2D eigenvalue weighted by Gasteiger charge is 2.75. The number of amides is 3. The molecule has 0 radical (unpaired) electrons. The van der Waals surface area contributed by atoms with Crippen LogP contribution in [0.1, 0.15) is 37.0 Å². The summed E-state index contributed by atoms with van der Waals surface area (Å²) in [5.74, 6) is -3.51. The zero-order valence-electron chi connectivity index (χ0n) is 29.5. The molecule has 1 spiro atoms. The molecule has 2 saturated heterocycles. The Labute approximate surface area is 316 Å². The lowest BCUT2D eigenvalue weighted by molar-refractivity contribution is -0.161. The first-order valence-corrected chi connectivity index (χ1v) is 18.6. The number of carbonyl (C=O) groups is 4. The van der Waals surface area contributed by atoms with Gasteiger partial charge >= 0.3 is 5.97 Å². The van der Waals surface area contributed by atoms with Crippen LogP contribution in [-0.4, -0.2) is 83.8 Å². The van der Waals surface area contributed by atoms with Crippen LogP contribution in [0.25, 0.3) is 0 Å². The number of nitrogens with zero attached hydrogens (tertiary/aromatic N) is 2. The smallest absolute Gasteiger partial charge is 0.313 e. The van der Waals surface area contributed by atoms with Crippen LogP contribution in [0.4, 0.5) is 5.69 Å².